The fourth-order valence-electron chi connectivity index (χ4n) is 2.42. The first-order valence-corrected chi connectivity index (χ1v) is 7.31. The Bertz CT molecular complexity index is 760. The zero-order valence-corrected chi connectivity index (χ0v) is 11.9. The molecule has 0 fully saturated rings. The molecule has 0 atom stereocenters. The van der Waals surface area contributed by atoms with Gasteiger partial charge in [-0.25, -0.2) is 9.78 Å². The first kappa shape index (κ1) is 12.9. The molecule has 102 valence electrons. The van der Waals surface area contributed by atoms with Crippen molar-refractivity contribution in [2.75, 3.05) is 0 Å². The summed E-state index contributed by atoms with van der Waals surface area (Å²) in [6, 6.07) is 7.32. The number of carbonyl (C=O) groups is 1. The lowest BCUT2D eigenvalue weighted by Gasteiger charge is -2.07. The Morgan fingerprint density at radius 1 is 1.40 bits per heavy atom. The standard InChI is InChI=1S/C15H14N2O2S/c1-10-16-13-4-2-3-12(15(18)19)14(13)17(10)7-5-11-6-8-20-9-11/h2-4,6,8-9H,5,7H2,1H3,(H,18,19). The number of thiophene rings is 1. The Hall–Kier alpha value is -2.14. The van der Waals surface area contributed by atoms with Crippen LogP contribution in [0.3, 0.4) is 0 Å². The molecule has 0 aliphatic heterocycles. The minimum atomic E-state index is -0.910. The second-order valence-corrected chi connectivity index (χ2v) is 5.45. The van der Waals surface area contributed by atoms with Gasteiger partial charge in [-0.05, 0) is 47.9 Å². The molecule has 2 aromatic heterocycles. The topological polar surface area (TPSA) is 55.1 Å². The predicted molar refractivity (Wildman–Crippen MR) is 79.5 cm³/mol. The van der Waals surface area contributed by atoms with Crippen molar-refractivity contribution < 1.29 is 9.90 Å². The first-order chi connectivity index (χ1) is 9.66. The number of para-hydroxylation sites is 1. The van der Waals surface area contributed by atoms with Crippen molar-refractivity contribution in [3.63, 3.8) is 0 Å². The Labute approximate surface area is 120 Å². The minimum Gasteiger partial charge on any atom is -0.478 e. The third kappa shape index (κ3) is 2.20. The monoisotopic (exact) mass is 286 g/mol. The van der Waals surface area contributed by atoms with Gasteiger partial charge >= 0.3 is 5.97 Å². The van der Waals surface area contributed by atoms with Crippen molar-refractivity contribution in [2.24, 2.45) is 0 Å². The lowest BCUT2D eigenvalue weighted by atomic mass is 10.1. The van der Waals surface area contributed by atoms with Gasteiger partial charge in [-0.15, -0.1) is 0 Å². The van der Waals surface area contributed by atoms with Gasteiger partial charge in [0, 0.05) is 6.54 Å². The van der Waals surface area contributed by atoms with Gasteiger partial charge in [-0.1, -0.05) is 6.07 Å². The number of benzene rings is 1. The van der Waals surface area contributed by atoms with Crippen LogP contribution < -0.4 is 0 Å². The fourth-order valence-corrected chi connectivity index (χ4v) is 3.13. The summed E-state index contributed by atoms with van der Waals surface area (Å²) in [7, 11) is 0. The molecular weight excluding hydrogens is 272 g/mol. The highest BCUT2D eigenvalue weighted by molar-refractivity contribution is 7.07. The molecule has 5 heteroatoms. The summed E-state index contributed by atoms with van der Waals surface area (Å²) in [4.78, 5) is 15.8. The van der Waals surface area contributed by atoms with Gasteiger partial charge in [0.2, 0.25) is 0 Å². The highest BCUT2D eigenvalue weighted by Crippen LogP contribution is 2.21. The smallest absolute Gasteiger partial charge is 0.337 e. The minimum absolute atomic E-state index is 0.313. The number of hydrogen-bond acceptors (Lipinski definition) is 3. The summed E-state index contributed by atoms with van der Waals surface area (Å²) in [5.41, 5.74) is 3.04. The SMILES string of the molecule is Cc1nc2cccc(C(=O)O)c2n1CCc1ccsc1. The Balaban J connectivity index is 2.04. The quantitative estimate of drug-likeness (QED) is 0.800. The highest BCUT2D eigenvalue weighted by Gasteiger charge is 2.15. The van der Waals surface area contributed by atoms with Gasteiger partial charge in [-0.3, -0.25) is 0 Å². The maximum atomic E-state index is 11.4. The van der Waals surface area contributed by atoms with E-state index in [9.17, 15) is 9.90 Å². The van der Waals surface area contributed by atoms with E-state index in [1.165, 1.54) is 5.56 Å². The molecule has 0 bridgehead atoms. The molecule has 0 radical (unpaired) electrons. The molecule has 0 spiro atoms. The van der Waals surface area contributed by atoms with E-state index in [-0.39, 0.29) is 0 Å². The number of carboxylic acids is 1. The lowest BCUT2D eigenvalue weighted by Crippen LogP contribution is -2.07. The van der Waals surface area contributed by atoms with E-state index in [4.69, 9.17) is 0 Å². The molecule has 0 aliphatic rings. The molecule has 0 amide bonds. The average Bonchev–Trinajstić information content (AvgIpc) is 3.02. The molecule has 4 nitrogen and oxygen atoms in total. The highest BCUT2D eigenvalue weighted by atomic mass is 32.1. The lowest BCUT2D eigenvalue weighted by molar-refractivity contribution is 0.0698. The summed E-state index contributed by atoms with van der Waals surface area (Å²) < 4.78 is 2.00. The number of fused-ring (bicyclic) bond motifs is 1. The van der Waals surface area contributed by atoms with Crippen molar-refractivity contribution in [1.82, 2.24) is 9.55 Å². The van der Waals surface area contributed by atoms with Crippen molar-refractivity contribution in [3.05, 3.63) is 52.0 Å². The summed E-state index contributed by atoms with van der Waals surface area (Å²) in [5.74, 6) is -0.0591. The van der Waals surface area contributed by atoms with Crippen LogP contribution in [-0.2, 0) is 13.0 Å². The average molecular weight is 286 g/mol. The third-order valence-corrected chi connectivity index (χ3v) is 4.12. The number of nitrogens with zero attached hydrogens (tertiary/aromatic N) is 2. The molecule has 20 heavy (non-hydrogen) atoms. The van der Waals surface area contributed by atoms with Crippen molar-refractivity contribution in [3.8, 4) is 0 Å². The van der Waals surface area contributed by atoms with E-state index in [0.29, 0.717) is 11.1 Å². The first-order valence-electron chi connectivity index (χ1n) is 6.37. The molecule has 1 aromatic carbocycles. The second-order valence-electron chi connectivity index (χ2n) is 4.67. The molecule has 0 aliphatic carbocycles. The van der Waals surface area contributed by atoms with Crippen LogP contribution in [-0.4, -0.2) is 20.6 Å². The number of carboxylic acid groups (broad SMARTS) is 1. The molecule has 0 saturated carbocycles. The van der Waals surface area contributed by atoms with Crippen LogP contribution in [0.2, 0.25) is 0 Å². The van der Waals surface area contributed by atoms with Crippen molar-refractivity contribution >= 4 is 28.3 Å². The molecular formula is C15H14N2O2S. The van der Waals surface area contributed by atoms with E-state index in [1.807, 2.05) is 17.6 Å². The number of aromatic carboxylic acids is 1. The van der Waals surface area contributed by atoms with Crippen LogP contribution >= 0.6 is 11.3 Å². The van der Waals surface area contributed by atoms with E-state index < -0.39 is 5.97 Å². The number of aryl methyl sites for hydroxylation is 3. The normalized spacial score (nSPS) is 11.1. The summed E-state index contributed by atoms with van der Waals surface area (Å²) in [6.45, 7) is 2.66. The van der Waals surface area contributed by atoms with Crippen LogP contribution in [0.15, 0.2) is 35.0 Å². The van der Waals surface area contributed by atoms with Gasteiger partial charge in [-0.2, -0.15) is 11.3 Å². The molecule has 3 aromatic rings. The van der Waals surface area contributed by atoms with Crippen LogP contribution in [0.25, 0.3) is 11.0 Å². The molecule has 2 heterocycles. The van der Waals surface area contributed by atoms with E-state index in [2.05, 4.69) is 21.8 Å². The molecule has 0 saturated heterocycles. The Kier molecular flexibility index (Phi) is 3.28. The van der Waals surface area contributed by atoms with Crippen LogP contribution in [0.1, 0.15) is 21.7 Å². The van der Waals surface area contributed by atoms with E-state index >= 15 is 0 Å². The molecule has 3 rings (SSSR count). The fraction of sp³-hybridized carbons (Fsp3) is 0.200. The third-order valence-electron chi connectivity index (χ3n) is 3.39. The van der Waals surface area contributed by atoms with Crippen molar-refractivity contribution in [1.29, 1.82) is 0 Å². The van der Waals surface area contributed by atoms with Gasteiger partial charge in [0.05, 0.1) is 16.6 Å². The van der Waals surface area contributed by atoms with Crippen molar-refractivity contribution in [2.45, 2.75) is 19.9 Å². The Morgan fingerprint density at radius 2 is 2.25 bits per heavy atom. The summed E-state index contributed by atoms with van der Waals surface area (Å²) in [5, 5.41) is 13.5. The van der Waals surface area contributed by atoms with Gasteiger partial charge in [0.25, 0.3) is 0 Å². The summed E-state index contributed by atoms with van der Waals surface area (Å²) in [6.07, 6.45) is 0.879. The van der Waals surface area contributed by atoms with Crippen LogP contribution in [0.4, 0.5) is 0 Å². The zero-order valence-electron chi connectivity index (χ0n) is 11.0. The Morgan fingerprint density at radius 3 is 2.95 bits per heavy atom. The van der Waals surface area contributed by atoms with E-state index in [0.717, 1.165) is 24.3 Å². The van der Waals surface area contributed by atoms with Gasteiger partial charge in [0.15, 0.2) is 0 Å². The van der Waals surface area contributed by atoms with Gasteiger partial charge in [0.1, 0.15) is 5.82 Å². The number of rotatable bonds is 4. The van der Waals surface area contributed by atoms with Crippen LogP contribution in [0, 0.1) is 6.92 Å². The zero-order chi connectivity index (χ0) is 14.1. The second kappa shape index (κ2) is 5.09. The molecule has 1 N–H and O–H groups in total. The number of imidazole rings is 1. The van der Waals surface area contributed by atoms with E-state index in [1.54, 1.807) is 23.5 Å². The number of hydrogen-bond donors (Lipinski definition) is 1. The maximum Gasteiger partial charge on any atom is 0.337 e. The van der Waals surface area contributed by atoms with Gasteiger partial charge < -0.3 is 9.67 Å². The summed E-state index contributed by atoms with van der Waals surface area (Å²) >= 11 is 1.67. The van der Waals surface area contributed by atoms with Crippen LogP contribution in [0.5, 0.6) is 0 Å². The largest absolute Gasteiger partial charge is 0.478 e. The molecule has 0 unspecified atom stereocenters. The maximum absolute atomic E-state index is 11.4. The number of aromatic nitrogens is 2. The predicted octanol–water partition coefficient (Wildman–Crippen LogP) is 3.35.